The number of anilines is 1. The van der Waals surface area contributed by atoms with Crippen LogP contribution in [-0.4, -0.2) is 29.5 Å². The zero-order valence-corrected chi connectivity index (χ0v) is 16.4. The Morgan fingerprint density at radius 3 is 2.83 bits per heavy atom. The molecule has 0 radical (unpaired) electrons. The van der Waals surface area contributed by atoms with Crippen molar-refractivity contribution >= 4 is 56.8 Å². The summed E-state index contributed by atoms with van der Waals surface area (Å²) in [5, 5.41) is 13.0. The first-order chi connectivity index (χ1) is 11.0. The van der Waals surface area contributed by atoms with Crippen LogP contribution < -0.4 is 10.5 Å². The van der Waals surface area contributed by atoms with E-state index < -0.39 is 5.97 Å². The second-order valence-electron chi connectivity index (χ2n) is 4.37. The molecule has 2 aromatic rings. The number of benzene rings is 1. The molecule has 23 heavy (non-hydrogen) atoms. The normalized spacial score (nSPS) is 10.2. The molecule has 0 bridgehead atoms. The number of nitriles is 1. The largest absolute Gasteiger partial charge is 0.490 e. The summed E-state index contributed by atoms with van der Waals surface area (Å²) in [5.74, 6) is -0.0986. The number of ether oxygens (including phenoxy) is 2. The Morgan fingerprint density at radius 1 is 1.48 bits per heavy atom. The number of aromatic nitrogens is 2. The van der Waals surface area contributed by atoms with E-state index in [0.29, 0.717) is 32.7 Å². The molecule has 0 spiro atoms. The predicted molar refractivity (Wildman–Crippen MR) is 100 cm³/mol. The van der Waals surface area contributed by atoms with Crippen molar-refractivity contribution in [3.63, 3.8) is 0 Å². The lowest BCUT2D eigenvalue weighted by Crippen LogP contribution is -2.14. The molecule has 1 heterocycles. The Morgan fingerprint density at radius 2 is 2.22 bits per heavy atom. The van der Waals surface area contributed by atoms with Crippen LogP contribution in [0.1, 0.15) is 15.9 Å². The van der Waals surface area contributed by atoms with Crippen LogP contribution in [0.4, 0.5) is 5.69 Å². The maximum atomic E-state index is 11.8. The summed E-state index contributed by atoms with van der Waals surface area (Å²) >= 11 is 4.08. The van der Waals surface area contributed by atoms with Crippen molar-refractivity contribution in [1.82, 2.24) is 9.78 Å². The van der Waals surface area contributed by atoms with Crippen molar-refractivity contribution in [2.24, 2.45) is 0 Å². The van der Waals surface area contributed by atoms with Gasteiger partial charge in [0.1, 0.15) is 33.3 Å². The van der Waals surface area contributed by atoms with Crippen LogP contribution in [0.2, 0.25) is 0 Å². The minimum absolute atomic E-state index is 0.270. The van der Waals surface area contributed by atoms with Crippen molar-refractivity contribution in [3.05, 3.63) is 36.7 Å². The number of carbonyl (C=O) groups is 1. The Labute approximate surface area is 160 Å². The first kappa shape index (κ1) is 17.8. The van der Waals surface area contributed by atoms with E-state index in [-0.39, 0.29) is 6.61 Å². The summed E-state index contributed by atoms with van der Waals surface area (Å²) in [5.41, 5.74) is 7.22. The maximum Gasteiger partial charge on any atom is 0.341 e. The van der Waals surface area contributed by atoms with Crippen LogP contribution in [0.5, 0.6) is 5.75 Å². The molecule has 1 aromatic heterocycles. The van der Waals surface area contributed by atoms with Crippen LogP contribution in [0.25, 0.3) is 0 Å². The average molecular weight is 538 g/mol. The van der Waals surface area contributed by atoms with Gasteiger partial charge in [-0.3, -0.25) is 4.68 Å². The molecule has 9 heteroatoms. The highest BCUT2D eigenvalue weighted by Gasteiger charge is 2.18. The summed E-state index contributed by atoms with van der Waals surface area (Å²) in [6, 6.07) is 5.27. The number of nitrogen functional groups attached to an aromatic ring is 1. The van der Waals surface area contributed by atoms with Crippen molar-refractivity contribution in [2.45, 2.75) is 6.54 Å². The third-order valence-electron chi connectivity index (χ3n) is 2.98. The van der Waals surface area contributed by atoms with E-state index in [1.54, 1.807) is 16.8 Å². The van der Waals surface area contributed by atoms with Gasteiger partial charge >= 0.3 is 5.97 Å². The average Bonchev–Trinajstić information content (AvgIpc) is 2.91. The minimum Gasteiger partial charge on any atom is -0.490 e. The first-order valence-electron chi connectivity index (χ1n) is 6.40. The predicted octanol–water partition coefficient (Wildman–Crippen LogP) is 2.41. The molecule has 2 rings (SSSR count). The number of nitrogens with zero attached hydrogens (tertiary/aromatic N) is 3. The second-order valence-corrected chi connectivity index (χ2v) is 6.47. The molecule has 0 aliphatic carbocycles. The van der Waals surface area contributed by atoms with Gasteiger partial charge in [-0.05, 0) is 57.3 Å². The third-order valence-corrected chi connectivity index (χ3v) is 5.23. The summed E-state index contributed by atoms with van der Waals surface area (Å²) in [6.07, 6.45) is 1.51. The molecule has 0 amide bonds. The fourth-order valence-corrected chi connectivity index (χ4v) is 3.07. The fraction of sp³-hybridized carbons (Fsp3) is 0.214. The zero-order valence-electron chi connectivity index (χ0n) is 12.0. The van der Waals surface area contributed by atoms with Gasteiger partial charge < -0.3 is 15.2 Å². The highest BCUT2D eigenvalue weighted by molar-refractivity contribution is 14.1. The third kappa shape index (κ3) is 3.86. The van der Waals surface area contributed by atoms with Crippen molar-refractivity contribution in [1.29, 1.82) is 5.26 Å². The smallest absolute Gasteiger partial charge is 0.341 e. The fourth-order valence-electron chi connectivity index (χ4n) is 1.82. The van der Waals surface area contributed by atoms with E-state index >= 15 is 0 Å². The molecule has 7 nitrogen and oxygen atoms in total. The minimum atomic E-state index is -0.488. The van der Waals surface area contributed by atoms with Gasteiger partial charge in [0.25, 0.3) is 0 Å². The Bertz CT molecular complexity index is 783. The van der Waals surface area contributed by atoms with E-state index in [4.69, 9.17) is 20.5 Å². The van der Waals surface area contributed by atoms with Crippen molar-refractivity contribution < 1.29 is 14.3 Å². The van der Waals surface area contributed by atoms with Gasteiger partial charge in [-0.1, -0.05) is 0 Å². The number of carbonyl (C=O) groups excluding carboxylic acids is 1. The van der Waals surface area contributed by atoms with Crippen LogP contribution >= 0.6 is 45.2 Å². The Balaban J connectivity index is 2.17. The molecule has 0 unspecified atom stereocenters. The van der Waals surface area contributed by atoms with Crippen LogP contribution in [-0.2, 0) is 11.3 Å². The monoisotopic (exact) mass is 538 g/mol. The highest BCUT2D eigenvalue weighted by atomic mass is 127. The number of methoxy groups -OCH3 is 1. The second kappa shape index (κ2) is 7.82. The summed E-state index contributed by atoms with van der Waals surface area (Å²) in [7, 11) is 1.31. The van der Waals surface area contributed by atoms with Gasteiger partial charge in [-0.25, -0.2) is 4.79 Å². The zero-order chi connectivity index (χ0) is 17.0. The van der Waals surface area contributed by atoms with Crippen LogP contribution in [0.15, 0.2) is 18.3 Å². The lowest BCUT2D eigenvalue weighted by atomic mass is 10.2. The van der Waals surface area contributed by atoms with Gasteiger partial charge in [0.2, 0.25) is 0 Å². The Hall–Kier alpha value is -1.55. The standard InChI is InChI=1S/C14H12I2N4O3/c1-22-14(21)9-2-3-10(18)11(15)12(9)23-5-4-20-13(16)8(6-17)7-19-20/h2-3,7H,4-5,18H2,1H3. The molecule has 0 aliphatic rings. The molecule has 0 fully saturated rings. The number of halogens is 2. The molecule has 0 atom stereocenters. The molecular formula is C14H12I2N4O3. The lowest BCUT2D eigenvalue weighted by molar-refractivity contribution is 0.0595. The summed E-state index contributed by atoms with van der Waals surface area (Å²) in [6.45, 7) is 0.706. The molecule has 0 aliphatic heterocycles. The molecule has 0 saturated heterocycles. The Kier molecular flexibility index (Phi) is 6.05. The maximum absolute atomic E-state index is 11.8. The molecule has 0 saturated carbocycles. The lowest BCUT2D eigenvalue weighted by Gasteiger charge is -2.14. The van der Waals surface area contributed by atoms with Gasteiger partial charge in [-0.2, -0.15) is 10.4 Å². The van der Waals surface area contributed by atoms with E-state index in [2.05, 4.69) is 33.8 Å². The van der Waals surface area contributed by atoms with E-state index in [1.807, 2.05) is 22.6 Å². The number of hydrogen-bond acceptors (Lipinski definition) is 6. The number of nitrogens with two attached hydrogens (primary N) is 1. The van der Waals surface area contributed by atoms with Gasteiger partial charge in [0.15, 0.2) is 0 Å². The molecule has 2 N–H and O–H groups in total. The van der Waals surface area contributed by atoms with Crippen molar-refractivity contribution in [2.75, 3.05) is 19.5 Å². The van der Waals surface area contributed by atoms with Gasteiger partial charge in [-0.15, -0.1) is 0 Å². The van der Waals surface area contributed by atoms with Crippen molar-refractivity contribution in [3.8, 4) is 11.8 Å². The van der Waals surface area contributed by atoms with Crippen LogP contribution in [0.3, 0.4) is 0 Å². The summed E-state index contributed by atoms with van der Waals surface area (Å²) < 4.78 is 13.5. The van der Waals surface area contributed by atoms with Gasteiger partial charge in [0.05, 0.1) is 23.4 Å². The number of rotatable bonds is 5. The SMILES string of the molecule is COC(=O)c1ccc(N)c(I)c1OCCn1ncc(C#N)c1I. The van der Waals surface area contributed by atoms with Crippen LogP contribution in [0, 0.1) is 18.6 Å². The highest BCUT2D eigenvalue weighted by Crippen LogP contribution is 2.31. The molecular weight excluding hydrogens is 526 g/mol. The first-order valence-corrected chi connectivity index (χ1v) is 8.55. The van der Waals surface area contributed by atoms with E-state index in [9.17, 15) is 4.79 Å². The van der Waals surface area contributed by atoms with Gasteiger partial charge in [0, 0.05) is 5.69 Å². The molecule has 1 aromatic carbocycles. The van der Waals surface area contributed by atoms with E-state index in [0.717, 1.165) is 3.70 Å². The summed E-state index contributed by atoms with van der Waals surface area (Å²) in [4.78, 5) is 11.8. The van der Waals surface area contributed by atoms with E-state index in [1.165, 1.54) is 13.3 Å². The molecule has 120 valence electrons. The quantitative estimate of drug-likeness (QED) is 0.357. The number of esters is 1. The number of hydrogen-bond donors (Lipinski definition) is 1. The topological polar surface area (TPSA) is 103 Å².